The summed E-state index contributed by atoms with van der Waals surface area (Å²) in [4.78, 5) is 11.1. The second kappa shape index (κ2) is 3.59. The van der Waals surface area contributed by atoms with Crippen molar-refractivity contribution in [3.63, 3.8) is 0 Å². The minimum absolute atomic E-state index is 0.151. The molecule has 0 spiro atoms. The van der Waals surface area contributed by atoms with Gasteiger partial charge in [0.15, 0.2) is 0 Å². The maximum absolute atomic E-state index is 13.2. The Kier molecular flexibility index (Phi) is 2.50. The summed E-state index contributed by atoms with van der Waals surface area (Å²) < 4.78 is 15.5. The largest absolute Gasteiger partial charge is 0.478 e. The fraction of sp³-hybridized carbons (Fsp3) is 0.182. The molecule has 0 radical (unpaired) electrons. The van der Waals surface area contributed by atoms with E-state index in [2.05, 4.69) is 15.9 Å². The van der Waals surface area contributed by atoms with Gasteiger partial charge in [0.2, 0.25) is 0 Å². The van der Waals surface area contributed by atoms with Crippen molar-refractivity contribution in [2.45, 2.75) is 6.92 Å². The van der Waals surface area contributed by atoms with E-state index >= 15 is 0 Å². The van der Waals surface area contributed by atoms with Crippen LogP contribution in [-0.2, 0) is 7.05 Å². The van der Waals surface area contributed by atoms with Gasteiger partial charge in [0.05, 0.1) is 11.1 Å². The first-order chi connectivity index (χ1) is 7.43. The number of carbonyl (C=O) groups is 1. The Bertz CT molecular complexity index is 604. The molecule has 1 N–H and O–H groups in total. The standard InChI is InChI=1S/C11H9BrFNO2/c1-5-9(11(15)16)7-3-6(13)4-8(12)10(7)14(5)2/h3-4H,1-2H3,(H,15,16). The first kappa shape index (κ1) is 11.1. The van der Waals surface area contributed by atoms with Crippen molar-refractivity contribution in [3.05, 3.63) is 33.7 Å². The number of carboxylic acid groups (broad SMARTS) is 1. The summed E-state index contributed by atoms with van der Waals surface area (Å²) in [6.07, 6.45) is 0. The summed E-state index contributed by atoms with van der Waals surface area (Å²) >= 11 is 3.24. The smallest absolute Gasteiger partial charge is 0.338 e. The third-order valence-electron chi connectivity index (χ3n) is 2.71. The second-order valence-electron chi connectivity index (χ2n) is 3.61. The molecule has 0 amide bonds. The highest BCUT2D eigenvalue weighted by molar-refractivity contribution is 9.10. The Labute approximate surface area is 99.6 Å². The van der Waals surface area contributed by atoms with E-state index in [1.807, 2.05) is 0 Å². The number of aromatic nitrogens is 1. The predicted octanol–water partition coefficient (Wildman–Crippen LogP) is 3.09. The molecule has 0 aliphatic rings. The highest BCUT2D eigenvalue weighted by Gasteiger charge is 2.19. The number of halogens is 2. The molecule has 1 heterocycles. The molecule has 0 atom stereocenters. The average molecular weight is 286 g/mol. The molecular weight excluding hydrogens is 277 g/mol. The van der Waals surface area contributed by atoms with E-state index < -0.39 is 11.8 Å². The molecule has 0 aliphatic heterocycles. The highest BCUT2D eigenvalue weighted by atomic mass is 79.9. The van der Waals surface area contributed by atoms with Gasteiger partial charge in [-0.25, -0.2) is 9.18 Å². The maximum atomic E-state index is 13.2. The number of hydrogen-bond acceptors (Lipinski definition) is 1. The molecule has 0 saturated heterocycles. The molecule has 1 aromatic carbocycles. The van der Waals surface area contributed by atoms with Gasteiger partial charge in [-0.3, -0.25) is 0 Å². The van der Waals surface area contributed by atoms with Crippen molar-refractivity contribution in [2.24, 2.45) is 7.05 Å². The van der Waals surface area contributed by atoms with Gasteiger partial charge in [0, 0.05) is 22.6 Å². The lowest BCUT2D eigenvalue weighted by Gasteiger charge is -2.00. The summed E-state index contributed by atoms with van der Waals surface area (Å²) in [5.41, 5.74) is 1.45. The van der Waals surface area contributed by atoms with Crippen molar-refractivity contribution in [1.82, 2.24) is 4.57 Å². The molecular formula is C11H9BrFNO2. The minimum atomic E-state index is -1.04. The Morgan fingerprint density at radius 2 is 2.12 bits per heavy atom. The fourth-order valence-corrected chi connectivity index (χ4v) is 2.60. The van der Waals surface area contributed by atoms with E-state index in [0.29, 0.717) is 21.1 Å². The quantitative estimate of drug-likeness (QED) is 0.875. The monoisotopic (exact) mass is 285 g/mol. The van der Waals surface area contributed by atoms with Crippen molar-refractivity contribution in [2.75, 3.05) is 0 Å². The van der Waals surface area contributed by atoms with E-state index in [1.54, 1.807) is 18.5 Å². The van der Waals surface area contributed by atoms with Gasteiger partial charge < -0.3 is 9.67 Å². The summed E-state index contributed by atoms with van der Waals surface area (Å²) in [6, 6.07) is 2.57. The number of carboxylic acids is 1. The molecule has 16 heavy (non-hydrogen) atoms. The maximum Gasteiger partial charge on any atom is 0.338 e. The highest BCUT2D eigenvalue weighted by Crippen LogP contribution is 2.31. The summed E-state index contributed by atoms with van der Waals surface area (Å²) in [7, 11) is 1.76. The molecule has 5 heteroatoms. The topological polar surface area (TPSA) is 42.2 Å². The van der Waals surface area contributed by atoms with Crippen LogP contribution in [0.3, 0.4) is 0 Å². The molecule has 3 nitrogen and oxygen atoms in total. The Balaban J connectivity index is 3.02. The number of nitrogens with zero attached hydrogens (tertiary/aromatic N) is 1. The first-order valence-electron chi connectivity index (χ1n) is 4.60. The fourth-order valence-electron chi connectivity index (χ4n) is 1.90. The van der Waals surface area contributed by atoms with Gasteiger partial charge in [-0.2, -0.15) is 0 Å². The lowest BCUT2D eigenvalue weighted by Crippen LogP contribution is -1.99. The molecule has 1 aromatic heterocycles. The second-order valence-corrected chi connectivity index (χ2v) is 4.46. The van der Waals surface area contributed by atoms with Gasteiger partial charge >= 0.3 is 5.97 Å². The number of benzene rings is 1. The molecule has 2 rings (SSSR count). The normalized spacial score (nSPS) is 11.0. The number of fused-ring (bicyclic) bond motifs is 1. The molecule has 0 unspecified atom stereocenters. The molecule has 0 bridgehead atoms. The van der Waals surface area contributed by atoms with Crippen LogP contribution >= 0.6 is 15.9 Å². The van der Waals surface area contributed by atoms with Crippen molar-refractivity contribution >= 4 is 32.8 Å². The molecule has 0 saturated carbocycles. The van der Waals surface area contributed by atoms with Gasteiger partial charge in [-0.1, -0.05) is 0 Å². The third kappa shape index (κ3) is 1.43. The SMILES string of the molecule is Cc1c(C(=O)O)c2cc(F)cc(Br)c2n1C. The Hall–Kier alpha value is -1.36. The minimum Gasteiger partial charge on any atom is -0.478 e. The van der Waals surface area contributed by atoms with E-state index in [4.69, 9.17) is 5.11 Å². The van der Waals surface area contributed by atoms with Gasteiger partial charge in [0.1, 0.15) is 5.82 Å². The predicted molar refractivity (Wildman–Crippen MR) is 62.3 cm³/mol. The van der Waals surface area contributed by atoms with E-state index in [-0.39, 0.29) is 5.56 Å². The van der Waals surface area contributed by atoms with Crippen molar-refractivity contribution < 1.29 is 14.3 Å². The van der Waals surface area contributed by atoms with Crippen LogP contribution in [0.2, 0.25) is 0 Å². The van der Waals surface area contributed by atoms with Crippen LogP contribution in [0.4, 0.5) is 4.39 Å². The molecule has 84 valence electrons. The summed E-state index contributed by atoms with van der Waals surface area (Å²) in [6.45, 7) is 1.70. The molecule has 2 aromatic rings. The van der Waals surface area contributed by atoms with Crippen LogP contribution in [0.5, 0.6) is 0 Å². The van der Waals surface area contributed by atoms with Crippen LogP contribution in [0, 0.1) is 12.7 Å². The first-order valence-corrected chi connectivity index (χ1v) is 5.40. The lowest BCUT2D eigenvalue weighted by molar-refractivity contribution is 0.0698. The summed E-state index contributed by atoms with van der Waals surface area (Å²) in [5.74, 6) is -1.49. The van der Waals surface area contributed by atoms with E-state index in [0.717, 1.165) is 0 Å². The Morgan fingerprint density at radius 3 is 2.69 bits per heavy atom. The molecule has 0 aliphatic carbocycles. The number of aromatic carboxylic acids is 1. The van der Waals surface area contributed by atoms with Gasteiger partial charge in [-0.05, 0) is 35.0 Å². The van der Waals surface area contributed by atoms with Gasteiger partial charge in [0.25, 0.3) is 0 Å². The number of hydrogen-bond donors (Lipinski definition) is 1. The summed E-state index contributed by atoms with van der Waals surface area (Å²) in [5, 5.41) is 9.52. The van der Waals surface area contributed by atoms with Crippen molar-refractivity contribution in [3.8, 4) is 0 Å². The Morgan fingerprint density at radius 1 is 1.50 bits per heavy atom. The van der Waals surface area contributed by atoms with E-state index in [1.165, 1.54) is 12.1 Å². The van der Waals surface area contributed by atoms with Crippen LogP contribution in [0.25, 0.3) is 10.9 Å². The third-order valence-corrected chi connectivity index (χ3v) is 3.32. The lowest BCUT2D eigenvalue weighted by atomic mass is 10.1. The van der Waals surface area contributed by atoms with Crippen LogP contribution in [-0.4, -0.2) is 15.6 Å². The van der Waals surface area contributed by atoms with Gasteiger partial charge in [-0.15, -0.1) is 0 Å². The molecule has 0 fully saturated rings. The van der Waals surface area contributed by atoms with Crippen molar-refractivity contribution in [1.29, 1.82) is 0 Å². The van der Waals surface area contributed by atoms with Crippen LogP contribution < -0.4 is 0 Å². The zero-order chi connectivity index (χ0) is 12.0. The number of rotatable bonds is 1. The van der Waals surface area contributed by atoms with E-state index in [9.17, 15) is 9.18 Å². The zero-order valence-corrected chi connectivity index (χ0v) is 10.3. The van der Waals surface area contributed by atoms with Crippen LogP contribution in [0.15, 0.2) is 16.6 Å². The average Bonchev–Trinajstić information content (AvgIpc) is 2.38. The number of aryl methyl sites for hydroxylation is 1. The van der Waals surface area contributed by atoms with Crippen LogP contribution in [0.1, 0.15) is 16.1 Å². The zero-order valence-electron chi connectivity index (χ0n) is 8.71.